The van der Waals surface area contributed by atoms with Crippen molar-refractivity contribution in [2.24, 2.45) is 0 Å². The zero-order chi connectivity index (χ0) is 34.8. The van der Waals surface area contributed by atoms with Gasteiger partial charge in [0.25, 0.3) is 6.71 Å². The molecule has 0 N–H and O–H groups in total. The van der Waals surface area contributed by atoms with Crippen molar-refractivity contribution in [3.63, 3.8) is 0 Å². The first kappa shape index (κ1) is 30.1. The summed E-state index contributed by atoms with van der Waals surface area (Å²) in [5.41, 5.74) is 12.8. The predicted octanol–water partition coefficient (Wildman–Crippen LogP) is 10.9. The van der Waals surface area contributed by atoms with Crippen molar-refractivity contribution in [1.29, 1.82) is 0 Å². The molecule has 0 amide bonds. The fourth-order valence-corrected chi connectivity index (χ4v) is 7.98. The van der Waals surface area contributed by atoms with Crippen molar-refractivity contribution >= 4 is 45.0 Å². The number of benzene rings is 7. The Hall–Kier alpha value is -6.78. The molecule has 0 saturated carbocycles. The van der Waals surface area contributed by atoms with Crippen molar-refractivity contribution in [3.05, 3.63) is 200 Å². The number of allylic oxidation sites excluding steroid dienone is 3. The number of fused-ring (bicyclic) bond motifs is 5. The minimum Gasteiger partial charge on any atom is -0.459 e. The van der Waals surface area contributed by atoms with Crippen LogP contribution in [-0.2, 0) is 0 Å². The topological polar surface area (TPSA) is 23.4 Å². The summed E-state index contributed by atoms with van der Waals surface area (Å²) in [5, 5.41) is 2.49. The van der Waals surface area contributed by atoms with Crippen molar-refractivity contribution in [2.75, 3.05) is 0 Å². The molecule has 3 heterocycles. The van der Waals surface area contributed by atoms with E-state index in [0.717, 1.165) is 72.7 Å². The molecule has 0 radical (unpaired) electrons. The summed E-state index contributed by atoms with van der Waals surface area (Å²) in [4.78, 5) is 0. The summed E-state index contributed by atoms with van der Waals surface area (Å²) in [6, 6.07) is 57.4. The lowest BCUT2D eigenvalue weighted by molar-refractivity contribution is 0.434. The molecule has 52 heavy (non-hydrogen) atoms. The third-order valence-corrected chi connectivity index (χ3v) is 10.4. The molecule has 1 aromatic heterocycles. The minimum atomic E-state index is -0.170. The third-order valence-electron chi connectivity index (χ3n) is 10.4. The van der Waals surface area contributed by atoms with E-state index in [1.807, 2.05) is 24.3 Å². The smallest absolute Gasteiger partial charge is 0.260 e. The Labute approximate surface area is 303 Å². The summed E-state index contributed by atoms with van der Waals surface area (Å²) < 4.78 is 15.8. The van der Waals surface area contributed by atoms with Gasteiger partial charge >= 0.3 is 0 Å². The van der Waals surface area contributed by atoms with Gasteiger partial charge in [0.05, 0.1) is 11.0 Å². The van der Waals surface area contributed by atoms with E-state index in [2.05, 4.69) is 163 Å². The van der Waals surface area contributed by atoms with Crippen LogP contribution in [0.1, 0.15) is 5.56 Å². The van der Waals surface area contributed by atoms with Crippen molar-refractivity contribution in [2.45, 2.75) is 0 Å². The molecule has 0 saturated heterocycles. The monoisotopic (exact) mass is 665 g/mol. The second-order valence-electron chi connectivity index (χ2n) is 13.4. The Kier molecular flexibility index (Phi) is 6.90. The van der Waals surface area contributed by atoms with Gasteiger partial charge < -0.3 is 14.0 Å². The Balaban J connectivity index is 1.13. The lowest BCUT2D eigenvalue weighted by atomic mass is 9.33. The van der Waals surface area contributed by atoms with Gasteiger partial charge in [-0.15, -0.1) is 0 Å². The van der Waals surface area contributed by atoms with Gasteiger partial charge in [0.1, 0.15) is 23.0 Å². The molecular weight excluding hydrogens is 633 g/mol. The van der Waals surface area contributed by atoms with Crippen LogP contribution in [0.3, 0.4) is 0 Å². The van der Waals surface area contributed by atoms with Crippen molar-refractivity contribution < 1.29 is 9.47 Å². The lowest BCUT2D eigenvalue weighted by Gasteiger charge is -2.35. The first-order chi connectivity index (χ1) is 25.6. The zero-order valence-corrected chi connectivity index (χ0v) is 28.4. The zero-order valence-electron chi connectivity index (χ0n) is 28.4. The van der Waals surface area contributed by atoms with Gasteiger partial charge in [0.2, 0.25) is 0 Å². The van der Waals surface area contributed by atoms with Crippen LogP contribution in [-0.4, -0.2) is 11.3 Å². The lowest BCUT2D eigenvalue weighted by Crippen LogP contribution is -2.52. The fourth-order valence-electron chi connectivity index (χ4n) is 7.98. The van der Waals surface area contributed by atoms with Crippen molar-refractivity contribution in [3.8, 4) is 45.2 Å². The second-order valence-corrected chi connectivity index (χ2v) is 13.4. The number of ether oxygens (including phenoxy) is 2. The Morgan fingerprint density at radius 1 is 0.577 bits per heavy atom. The van der Waals surface area contributed by atoms with Crippen LogP contribution in [0.4, 0.5) is 0 Å². The second kappa shape index (κ2) is 11.9. The molecule has 0 atom stereocenters. The van der Waals surface area contributed by atoms with Gasteiger partial charge in [0, 0.05) is 27.5 Å². The van der Waals surface area contributed by atoms with Gasteiger partial charge in [-0.1, -0.05) is 141 Å². The van der Waals surface area contributed by atoms with E-state index >= 15 is 0 Å². The molecule has 0 unspecified atom stereocenters. The quantitative estimate of drug-likeness (QED) is 0.171. The van der Waals surface area contributed by atoms with Crippen LogP contribution in [0.2, 0.25) is 0 Å². The van der Waals surface area contributed by atoms with Gasteiger partial charge in [-0.05, 0) is 81.2 Å². The number of nitrogens with zero attached hydrogens (tertiary/aromatic N) is 1. The van der Waals surface area contributed by atoms with Crippen LogP contribution in [0.15, 0.2) is 194 Å². The number of rotatable bonds is 5. The van der Waals surface area contributed by atoms with Crippen LogP contribution >= 0.6 is 0 Å². The molecule has 4 heteroatoms. The van der Waals surface area contributed by atoms with Crippen LogP contribution in [0.25, 0.3) is 55.3 Å². The Morgan fingerprint density at radius 3 is 1.90 bits per heavy atom. The standard InChI is InChI=1S/C48H32BNO2/c1-31(33-13-5-3-6-14-33)29-41-32(2)51-46-28-26-38(48-47(46)49(41)42-30-36(23-27-45(42)52-48)34-15-7-4-8-16-34)35-21-24-37(25-22-35)50-43-19-11-9-17-39(43)40-18-10-12-20-44(40)50/h3-30H,1-2H2/b41-29+. The molecule has 0 aliphatic carbocycles. The molecule has 10 rings (SSSR count). The molecule has 3 nitrogen and oxygen atoms in total. The van der Waals surface area contributed by atoms with Crippen LogP contribution < -0.4 is 20.4 Å². The summed E-state index contributed by atoms with van der Waals surface area (Å²) in [7, 11) is 0. The molecule has 0 fully saturated rings. The molecular formula is C48H32BNO2. The highest BCUT2D eigenvalue weighted by Gasteiger charge is 2.42. The molecule has 8 aromatic rings. The fraction of sp³-hybridized carbons (Fsp3) is 0. The van der Waals surface area contributed by atoms with E-state index in [4.69, 9.17) is 9.47 Å². The predicted molar refractivity (Wildman–Crippen MR) is 217 cm³/mol. The molecule has 0 bridgehead atoms. The first-order valence-corrected chi connectivity index (χ1v) is 17.6. The van der Waals surface area contributed by atoms with Crippen LogP contribution in [0, 0.1) is 0 Å². The van der Waals surface area contributed by atoms with E-state index in [9.17, 15) is 0 Å². The Morgan fingerprint density at radius 2 is 1.19 bits per heavy atom. The maximum absolute atomic E-state index is 6.93. The highest BCUT2D eigenvalue weighted by Crippen LogP contribution is 2.43. The van der Waals surface area contributed by atoms with E-state index in [1.165, 1.54) is 21.8 Å². The SMILES string of the molecule is C=C1Oc2ccc(-c3ccc(-n4c5ccccc5c5ccccc54)cc3)c3c2B(/C1=C/C(=C)c1ccccc1)c1cc(-c2ccccc2)ccc1O3. The normalized spacial score (nSPS) is 13.8. The maximum Gasteiger partial charge on any atom is 0.260 e. The highest BCUT2D eigenvalue weighted by atomic mass is 16.5. The number of hydrogen-bond acceptors (Lipinski definition) is 2. The minimum absolute atomic E-state index is 0.170. The van der Waals surface area contributed by atoms with Gasteiger partial charge in [0.15, 0.2) is 0 Å². The summed E-state index contributed by atoms with van der Waals surface area (Å²) in [6.45, 7) is 8.73. The number of hydrogen-bond donors (Lipinski definition) is 0. The average Bonchev–Trinajstić information content (AvgIpc) is 3.54. The van der Waals surface area contributed by atoms with Gasteiger partial charge in [-0.25, -0.2) is 0 Å². The largest absolute Gasteiger partial charge is 0.459 e. The summed E-state index contributed by atoms with van der Waals surface area (Å²) in [6.07, 6.45) is 2.13. The highest BCUT2D eigenvalue weighted by molar-refractivity contribution is 6.94. The van der Waals surface area contributed by atoms with E-state index < -0.39 is 0 Å². The van der Waals surface area contributed by atoms with Gasteiger partial charge in [-0.3, -0.25) is 0 Å². The molecule has 2 aliphatic rings. The van der Waals surface area contributed by atoms with Crippen molar-refractivity contribution in [1.82, 2.24) is 4.57 Å². The van der Waals surface area contributed by atoms with E-state index in [0.29, 0.717) is 5.76 Å². The number of aromatic nitrogens is 1. The Bertz CT molecular complexity index is 2710. The van der Waals surface area contributed by atoms with Crippen LogP contribution in [0.5, 0.6) is 17.2 Å². The summed E-state index contributed by atoms with van der Waals surface area (Å²) in [5.74, 6) is 3.00. The van der Waals surface area contributed by atoms with E-state index in [-0.39, 0.29) is 6.71 Å². The molecule has 2 aliphatic heterocycles. The molecule has 0 spiro atoms. The first-order valence-electron chi connectivity index (χ1n) is 17.6. The number of para-hydroxylation sites is 2. The molecule has 7 aromatic carbocycles. The van der Waals surface area contributed by atoms with Gasteiger partial charge in [-0.2, -0.15) is 0 Å². The van der Waals surface area contributed by atoms with E-state index in [1.54, 1.807) is 0 Å². The summed E-state index contributed by atoms with van der Waals surface area (Å²) >= 11 is 0. The average molecular weight is 666 g/mol. The maximum atomic E-state index is 6.93. The third kappa shape index (κ3) is 4.76. The molecule has 244 valence electrons.